The Labute approximate surface area is 191 Å². The smallest absolute Gasteiger partial charge is 0.329 e. The molecule has 0 aliphatic carbocycles. The van der Waals surface area contributed by atoms with Crippen molar-refractivity contribution >= 4 is 11.0 Å². The molecule has 0 aliphatic rings. The van der Waals surface area contributed by atoms with Crippen molar-refractivity contribution in [1.82, 2.24) is 29.5 Å². The van der Waals surface area contributed by atoms with Gasteiger partial charge in [-0.05, 0) is 49.2 Å². The van der Waals surface area contributed by atoms with Crippen molar-refractivity contribution in [2.45, 2.75) is 27.0 Å². The summed E-state index contributed by atoms with van der Waals surface area (Å²) >= 11 is 0. The SMILES string of the molecule is Cc1cc(Cn2c(=O)n(C)c3c(-c4cc(C)c(OCc5ncn[nH]5)c(F)c4)cc(F)cc32)no1. The van der Waals surface area contributed by atoms with Crippen molar-refractivity contribution in [2.75, 3.05) is 0 Å². The van der Waals surface area contributed by atoms with E-state index in [9.17, 15) is 9.18 Å². The fraction of sp³-hybridized carbons (Fsp3) is 0.217. The third-order valence-corrected chi connectivity index (χ3v) is 5.55. The van der Waals surface area contributed by atoms with Gasteiger partial charge in [0.1, 0.15) is 30.2 Å². The number of aromatic nitrogens is 6. The number of hydrogen-bond acceptors (Lipinski definition) is 6. The Balaban J connectivity index is 1.60. The maximum absolute atomic E-state index is 15.0. The Hall–Kier alpha value is -4.28. The van der Waals surface area contributed by atoms with Gasteiger partial charge in [0.15, 0.2) is 17.4 Å². The summed E-state index contributed by atoms with van der Waals surface area (Å²) in [6.45, 7) is 3.56. The standard InChI is InChI=1S/C23H20F2N6O3/c1-12-4-14(6-18(25)22(12)33-10-20-26-11-27-28-20)17-7-15(24)8-19-21(17)30(3)23(32)31(19)9-16-5-13(2)34-29-16/h4-8,11H,9-10H2,1-3H3,(H,26,27,28). The quantitative estimate of drug-likeness (QED) is 0.410. The molecule has 0 aliphatic heterocycles. The van der Waals surface area contributed by atoms with Crippen molar-refractivity contribution in [3.8, 4) is 16.9 Å². The number of imidazole rings is 1. The van der Waals surface area contributed by atoms with Gasteiger partial charge in [-0.25, -0.2) is 18.6 Å². The molecular formula is C23H20F2N6O3. The van der Waals surface area contributed by atoms with Gasteiger partial charge < -0.3 is 9.26 Å². The van der Waals surface area contributed by atoms with Crippen LogP contribution in [0.1, 0.15) is 22.8 Å². The molecule has 0 saturated heterocycles. The number of nitrogens with zero attached hydrogens (tertiary/aromatic N) is 5. The van der Waals surface area contributed by atoms with Crippen LogP contribution in [0, 0.1) is 25.5 Å². The van der Waals surface area contributed by atoms with E-state index in [4.69, 9.17) is 9.26 Å². The van der Waals surface area contributed by atoms with E-state index in [0.717, 1.165) is 0 Å². The van der Waals surface area contributed by atoms with Crippen molar-refractivity contribution in [3.63, 3.8) is 0 Å². The van der Waals surface area contributed by atoms with E-state index in [0.29, 0.717) is 45.0 Å². The summed E-state index contributed by atoms with van der Waals surface area (Å²) in [5, 5.41) is 10.3. The third-order valence-electron chi connectivity index (χ3n) is 5.55. The van der Waals surface area contributed by atoms with E-state index in [-0.39, 0.29) is 24.6 Å². The minimum absolute atomic E-state index is 0.0141. The molecule has 1 N–H and O–H groups in total. The van der Waals surface area contributed by atoms with E-state index >= 15 is 4.39 Å². The molecule has 34 heavy (non-hydrogen) atoms. The average Bonchev–Trinajstić information content (AvgIpc) is 3.51. The van der Waals surface area contributed by atoms with Crippen LogP contribution in [0.15, 0.2) is 46.0 Å². The number of aromatic amines is 1. The van der Waals surface area contributed by atoms with Crippen LogP contribution in [0.2, 0.25) is 0 Å². The molecule has 3 heterocycles. The molecule has 11 heteroatoms. The fourth-order valence-electron chi connectivity index (χ4n) is 4.06. The van der Waals surface area contributed by atoms with Gasteiger partial charge >= 0.3 is 5.69 Å². The summed E-state index contributed by atoms with van der Waals surface area (Å²) in [5.74, 6) is -0.0583. The first-order valence-corrected chi connectivity index (χ1v) is 10.4. The first kappa shape index (κ1) is 21.6. The van der Waals surface area contributed by atoms with Crippen LogP contribution < -0.4 is 10.4 Å². The number of rotatable bonds is 6. The topological polar surface area (TPSA) is 104 Å². The minimum atomic E-state index is -0.616. The molecule has 0 bridgehead atoms. The van der Waals surface area contributed by atoms with Crippen molar-refractivity contribution in [1.29, 1.82) is 0 Å². The second kappa shape index (κ2) is 8.25. The van der Waals surface area contributed by atoms with Crippen LogP contribution in [0.3, 0.4) is 0 Å². The number of ether oxygens (including phenoxy) is 1. The van der Waals surface area contributed by atoms with Gasteiger partial charge in [0.2, 0.25) is 0 Å². The number of hydrogen-bond donors (Lipinski definition) is 1. The maximum atomic E-state index is 15.0. The Morgan fingerprint density at radius 1 is 1.15 bits per heavy atom. The molecule has 9 nitrogen and oxygen atoms in total. The van der Waals surface area contributed by atoms with E-state index in [1.54, 1.807) is 33.0 Å². The van der Waals surface area contributed by atoms with Gasteiger partial charge in [-0.15, -0.1) is 0 Å². The maximum Gasteiger partial charge on any atom is 0.329 e. The molecule has 3 aromatic heterocycles. The van der Waals surface area contributed by atoms with Crippen LogP contribution in [0.25, 0.3) is 22.2 Å². The van der Waals surface area contributed by atoms with E-state index in [1.165, 1.54) is 33.7 Å². The molecule has 2 aromatic carbocycles. The lowest BCUT2D eigenvalue weighted by Crippen LogP contribution is -2.22. The van der Waals surface area contributed by atoms with E-state index in [2.05, 4.69) is 20.3 Å². The summed E-state index contributed by atoms with van der Waals surface area (Å²) in [7, 11) is 1.59. The van der Waals surface area contributed by atoms with Crippen LogP contribution in [-0.2, 0) is 20.2 Å². The zero-order chi connectivity index (χ0) is 24.0. The number of halogens is 2. The monoisotopic (exact) mass is 466 g/mol. The highest BCUT2D eigenvalue weighted by Crippen LogP contribution is 2.34. The number of H-pyrrole nitrogens is 1. The van der Waals surface area contributed by atoms with E-state index < -0.39 is 11.6 Å². The number of nitrogens with one attached hydrogen (secondary N) is 1. The van der Waals surface area contributed by atoms with Crippen LogP contribution >= 0.6 is 0 Å². The van der Waals surface area contributed by atoms with Crippen LogP contribution in [0.4, 0.5) is 8.78 Å². The highest BCUT2D eigenvalue weighted by Gasteiger charge is 2.20. The Bertz CT molecular complexity index is 1540. The molecule has 0 amide bonds. The molecule has 0 unspecified atom stereocenters. The number of benzene rings is 2. The van der Waals surface area contributed by atoms with Gasteiger partial charge in [-0.3, -0.25) is 14.2 Å². The minimum Gasteiger partial charge on any atom is -0.482 e. The lowest BCUT2D eigenvalue weighted by molar-refractivity contribution is 0.279. The lowest BCUT2D eigenvalue weighted by Gasteiger charge is -2.13. The van der Waals surface area contributed by atoms with E-state index in [1.807, 2.05) is 0 Å². The Morgan fingerprint density at radius 3 is 2.65 bits per heavy atom. The predicted molar refractivity (Wildman–Crippen MR) is 118 cm³/mol. The Kier molecular flexibility index (Phi) is 5.23. The number of aryl methyl sites for hydroxylation is 3. The molecule has 0 spiro atoms. The number of fused-ring (bicyclic) bond motifs is 1. The molecule has 0 atom stereocenters. The van der Waals surface area contributed by atoms with Crippen molar-refractivity contribution in [2.24, 2.45) is 7.05 Å². The normalized spacial score (nSPS) is 11.4. The largest absolute Gasteiger partial charge is 0.482 e. The molecule has 0 radical (unpaired) electrons. The summed E-state index contributed by atoms with van der Waals surface area (Å²) in [6.07, 6.45) is 1.33. The first-order valence-electron chi connectivity index (χ1n) is 10.4. The van der Waals surface area contributed by atoms with Crippen molar-refractivity contribution in [3.05, 3.63) is 81.6 Å². The molecule has 174 valence electrons. The highest BCUT2D eigenvalue weighted by atomic mass is 19.1. The molecular weight excluding hydrogens is 446 g/mol. The molecule has 5 aromatic rings. The zero-order valence-corrected chi connectivity index (χ0v) is 18.6. The predicted octanol–water partition coefficient (Wildman–Crippen LogP) is 3.64. The zero-order valence-electron chi connectivity index (χ0n) is 18.6. The third kappa shape index (κ3) is 3.74. The van der Waals surface area contributed by atoms with Gasteiger partial charge in [0, 0.05) is 18.7 Å². The van der Waals surface area contributed by atoms with Gasteiger partial charge in [0.25, 0.3) is 0 Å². The second-order valence-electron chi connectivity index (χ2n) is 8.00. The lowest BCUT2D eigenvalue weighted by atomic mass is 10.0. The first-order chi connectivity index (χ1) is 16.3. The molecule has 0 saturated carbocycles. The van der Waals surface area contributed by atoms with Crippen molar-refractivity contribution < 1.29 is 18.0 Å². The highest BCUT2D eigenvalue weighted by molar-refractivity contribution is 5.93. The van der Waals surface area contributed by atoms with Gasteiger partial charge in [0.05, 0.1) is 17.6 Å². The fourth-order valence-corrected chi connectivity index (χ4v) is 4.06. The van der Waals surface area contributed by atoms with Gasteiger partial charge in [-0.1, -0.05) is 5.16 Å². The van der Waals surface area contributed by atoms with Crippen LogP contribution in [-0.4, -0.2) is 29.5 Å². The summed E-state index contributed by atoms with van der Waals surface area (Å²) < 4.78 is 43.2. The molecule has 0 fully saturated rings. The summed E-state index contributed by atoms with van der Waals surface area (Å²) in [6, 6.07) is 7.23. The van der Waals surface area contributed by atoms with Crippen LogP contribution in [0.5, 0.6) is 5.75 Å². The summed E-state index contributed by atoms with van der Waals surface area (Å²) in [5.41, 5.74) is 2.33. The summed E-state index contributed by atoms with van der Waals surface area (Å²) in [4.78, 5) is 17.0. The van der Waals surface area contributed by atoms with Gasteiger partial charge in [-0.2, -0.15) is 5.10 Å². The second-order valence-corrected chi connectivity index (χ2v) is 8.00. The Morgan fingerprint density at radius 2 is 1.97 bits per heavy atom. The average molecular weight is 466 g/mol. The molecule has 5 rings (SSSR count).